The van der Waals surface area contributed by atoms with Crippen LogP contribution in [0.5, 0.6) is 0 Å². The Morgan fingerprint density at radius 1 is 0.640 bits per heavy atom. The molecule has 0 bridgehead atoms. The van der Waals surface area contributed by atoms with Gasteiger partial charge in [0.25, 0.3) is 0 Å². The van der Waals surface area contributed by atoms with Gasteiger partial charge in [-0.2, -0.15) is 0 Å². The molecule has 2 rings (SSSR count). The minimum Gasteiger partial charge on any atom is -0.386 e. The van der Waals surface area contributed by atoms with Crippen LogP contribution in [0, 0.1) is 0 Å². The molecule has 0 heterocycles. The number of rotatable bonds is 5. The normalized spacial score (nSPS) is 13.2. The molecule has 0 amide bonds. The molecule has 25 heavy (non-hydrogen) atoms. The van der Waals surface area contributed by atoms with E-state index in [0.29, 0.717) is 23.1 Å². The zero-order valence-electron chi connectivity index (χ0n) is 16.1. The van der Waals surface area contributed by atoms with Crippen LogP contribution in [0.4, 0.5) is 0 Å². The molecule has 3 N–H and O–H groups in total. The summed E-state index contributed by atoms with van der Waals surface area (Å²) in [6.07, 6.45) is 0.648. The maximum Gasteiger partial charge on any atom is 0.0848 e. The zero-order chi connectivity index (χ0) is 19.0. The minimum atomic E-state index is -1.20. The average Bonchev–Trinajstić information content (AvgIpc) is 2.44. The van der Waals surface area contributed by atoms with E-state index >= 15 is 0 Å². The van der Waals surface area contributed by atoms with Crippen LogP contribution in [-0.2, 0) is 23.2 Å². The highest BCUT2D eigenvalue weighted by molar-refractivity contribution is 5.50. The van der Waals surface area contributed by atoms with Gasteiger partial charge in [0.2, 0.25) is 0 Å². The molecule has 0 spiro atoms. The van der Waals surface area contributed by atoms with Crippen LogP contribution in [-0.4, -0.2) is 15.3 Å². The molecule has 0 aliphatic carbocycles. The van der Waals surface area contributed by atoms with Crippen LogP contribution in [0.15, 0.2) is 42.5 Å². The summed E-state index contributed by atoms with van der Waals surface area (Å²) < 4.78 is 0. The molecule has 0 fully saturated rings. The quantitative estimate of drug-likeness (QED) is 0.771. The average molecular weight is 342 g/mol. The first-order chi connectivity index (χ1) is 11.3. The van der Waals surface area contributed by atoms with E-state index in [1.807, 2.05) is 42.5 Å². The maximum absolute atomic E-state index is 10.9. The maximum atomic E-state index is 10.9. The van der Waals surface area contributed by atoms with Gasteiger partial charge in [-0.1, -0.05) is 42.5 Å². The Bertz CT molecular complexity index is 727. The summed E-state index contributed by atoms with van der Waals surface area (Å²) in [6.45, 7) is 10.2. The lowest BCUT2D eigenvalue weighted by molar-refractivity contribution is 0.0379. The molecular formula is C22H30O3. The molecule has 0 atom stereocenters. The van der Waals surface area contributed by atoms with Crippen molar-refractivity contribution in [3.8, 4) is 0 Å². The number of aliphatic hydroxyl groups is 3. The Balaban J connectivity index is 2.78. The van der Waals surface area contributed by atoms with Gasteiger partial charge in [0.1, 0.15) is 0 Å². The second-order valence-corrected chi connectivity index (χ2v) is 8.36. The Hall–Kier alpha value is -1.68. The lowest BCUT2D eigenvalue weighted by atomic mass is 9.75. The van der Waals surface area contributed by atoms with E-state index < -0.39 is 16.8 Å². The summed E-state index contributed by atoms with van der Waals surface area (Å²) in [7, 11) is 0. The van der Waals surface area contributed by atoms with Crippen LogP contribution in [0.1, 0.15) is 69.4 Å². The molecule has 2 aromatic carbocycles. The molecule has 3 nitrogen and oxygen atoms in total. The van der Waals surface area contributed by atoms with Gasteiger partial charge in [0, 0.05) is 0 Å². The Labute approximate surface area is 151 Å². The standard InChI is InChI=1S/C22H30O3/c1-20(2,23)17-13-12-16(14-15-10-8-7-9-11-15)18(21(3,4)24)19(17)22(5,6)25/h7-13,23-25H,14H2,1-6H3. The molecule has 136 valence electrons. The van der Waals surface area contributed by atoms with Gasteiger partial charge in [0.15, 0.2) is 0 Å². The van der Waals surface area contributed by atoms with Gasteiger partial charge in [-0.15, -0.1) is 0 Å². The fourth-order valence-electron chi connectivity index (χ4n) is 3.45. The van der Waals surface area contributed by atoms with Crippen LogP contribution < -0.4 is 0 Å². The first-order valence-corrected chi connectivity index (χ1v) is 8.70. The van der Waals surface area contributed by atoms with Crippen molar-refractivity contribution in [2.24, 2.45) is 0 Å². The molecule has 3 heteroatoms. The van der Waals surface area contributed by atoms with E-state index in [-0.39, 0.29) is 0 Å². The van der Waals surface area contributed by atoms with Gasteiger partial charge in [0.05, 0.1) is 16.8 Å². The third-order valence-corrected chi connectivity index (χ3v) is 4.41. The van der Waals surface area contributed by atoms with Crippen molar-refractivity contribution in [1.29, 1.82) is 0 Å². The Morgan fingerprint density at radius 2 is 1.16 bits per heavy atom. The smallest absolute Gasteiger partial charge is 0.0848 e. The third kappa shape index (κ3) is 4.49. The fraction of sp³-hybridized carbons (Fsp3) is 0.455. The lowest BCUT2D eigenvalue weighted by Crippen LogP contribution is -2.32. The molecule has 0 saturated heterocycles. The van der Waals surface area contributed by atoms with Gasteiger partial charge in [-0.3, -0.25) is 0 Å². The monoisotopic (exact) mass is 342 g/mol. The number of hydrogen-bond donors (Lipinski definition) is 3. The van der Waals surface area contributed by atoms with E-state index in [1.54, 1.807) is 41.5 Å². The molecule has 0 aromatic heterocycles. The topological polar surface area (TPSA) is 60.7 Å². The van der Waals surface area contributed by atoms with Crippen molar-refractivity contribution in [1.82, 2.24) is 0 Å². The lowest BCUT2D eigenvalue weighted by Gasteiger charge is -2.36. The van der Waals surface area contributed by atoms with Gasteiger partial charge in [-0.25, -0.2) is 0 Å². The van der Waals surface area contributed by atoms with Gasteiger partial charge < -0.3 is 15.3 Å². The molecule has 0 aliphatic rings. The fourth-order valence-corrected chi connectivity index (χ4v) is 3.45. The number of hydrogen-bond acceptors (Lipinski definition) is 3. The van der Waals surface area contributed by atoms with Crippen LogP contribution in [0.3, 0.4) is 0 Å². The summed E-state index contributed by atoms with van der Waals surface area (Å²) in [6, 6.07) is 13.8. The van der Waals surface area contributed by atoms with E-state index in [0.717, 1.165) is 11.1 Å². The predicted octanol–water partition coefficient (Wildman–Crippen LogP) is 3.96. The SMILES string of the molecule is CC(C)(O)c1ccc(Cc2ccccc2)c(C(C)(C)O)c1C(C)(C)O. The molecular weight excluding hydrogens is 312 g/mol. The van der Waals surface area contributed by atoms with Crippen molar-refractivity contribution in [3.05, 3.63) is 70.3 Å². The van der Waals surface area contributed by atoms with E-state index in [2.05, 4.69) is 0 Å². The van der Waals surface area contributed by atoms with Crippen molar-refractivity contribution in [3.63, 3.8) is 0 Å². The van der Waals surface area contributed by atoms with E-state index in [1.165, 1.54) is 0 Å². The summed E-state index contributed by atoms with van der Waals surface area (Å²) in [5.74, 6) is 0. The third-order valence-electron chi connectivity index (χ3n) is 4.41. The van der Waals surface area contributed by atoms with Crippen LogP contribution in [0.25, 0.3) is 0 Å². The highest BCUT2D eigenvalue weighted by Crippen LogP contribution is 2.40. The molecule has 0 saturated carbocycles. The highest BCUT2D eigenvalue weighted by Gasteiger charge is 2.36. The molecule has 0 radical (unpaired) electrons. The summed E-state index contributed by atoms with van der Waals surface area (Å²) in [5, 5.41) is 32.3. The summed E-state index contributed by atoms with van der Waals surface area (Å²) >= 11 is 0. The second-order valence-electron chi connectivity index (χ2n) is 8.36. The highest BCUT2D eigenvalue weighted by atomic mass is 16.3. The molecule has 0 aliphatic heterocycles. The van der Waals surface area contributed by atoms with E-state index in [9.17, 15) is 15.3 Å². The molecule has 2 aromatic rings. The van der Waals surface area contributed by atoms with Crippen LogP contribution >= 0.6 is 0 Å². The largest absolute Gasteiger partial charge is 0.386 e. The Kier molecular flexibility index (Phi) is 5.16. The van der Waals surface area contributed by atoms with Crippen molar-refractivity contribution in [2.75, 3.05) is 0 Å². The Morgan fingerprint density at radius 3 is 1.60 bits per heavy atom. The van der Waals surface area contributed by atoms with Gasteiger partial charge >= 0.3 is 0 Å². The minimum absolute atomic E-state index is 0.598. The van der Waals surface area contributed by atoms with Crippen LogP contribution in [0.2, 0.25) is 0 Å². The van der Waals surface area contributed by atoms with Crippen molar-refractivity contribution in [2.45, 2.75) is 64.8 Å². The second kappa shape index (κ2) is 6.56. The zero-order valence-corrected chi connectivity index (χ0v) is 16.1. The van der Waals surface area contributed by atoms with Crippen molar-refractivity contribution < 1.29 is 15.3 Å². The van der Waals surface area contributed by atoms with Crippen molar-refractivity contribution >= 4 is 0 Å². The summed E-state index contributed by atoms with van der Waals surface area (Å²) in [5.41, 5.74) is 0.520. The first kappa shape index (κ1) is 19.6. The first-order valence-electron chi connectivity index (χ1n) is 8.70. The molecule has 0 unspecified atom stereocenters. The summed E-state index contributed by atoms with van der Waals surface area (Å²) in [4.78, 5) is 0. The van der Waals surface area contributed by atoms with Gasteiger partial charge in [-0.05, 0) is 75.8 Å². The van der Waals surface area contributed by atoms with E-state index in [4.69, 9.17) is 0 Å². The number of benzene rings is 2. The predicted molar refractivity (Wildman–Crippen MR) is 101 cm³/mol.